The van der Waals surface area contributed by atoms with Gasteiger partial charge in [-0.05, 0) is 38.1 Å². The molecule has 1 heterocycles. The Kier molecular flexibility index (Phi) is 5.30. The van der Waals surface area contributed by atoms with Gasteiger partial charge in [-0.15, -0.1) is 0 Å². The molecule has 8 heteroatoms. The van der Waals surface area contributed by atoms with E-state index in [0.29, 0.717) is 5.76 Å². The van der Waals surface area contributed by atoms with Crippen molar-refractivity contribution >= 4 is 22.1 Å². The number of hydrazone groups is 1. The Hall–Kier alpha value is -2.45. The number of rotatable bonds is 6. The summed E-state index contributed by atoms with van der Waals surface area (Å²) in [5.74, 6) is -0.110. The topological polar surface area (TPSA) is 101 Å². The predicted octanol–water partition coefficient (Wildman–Crippen LogP) is 1.41. The van der Waals surface area contributed by atoms with Crippen LogP contribution in [0, 0.1) is 6.92 Å². The first kappa shape index (κ1) is 16.9. The Morgan fingerprint density at radius 3 is 2.57 bits per heavy atom. The quantitative estimate of drug-likeness (QED) is 0.615. The van der Waals surface area contributed by atoms with Gasteiger partial charge in [0, 0.05) is 0 Å². The maximum Gasteiger partial charge on any atom is 0.257 e. The first-order chi connectivity index (χ1) is 10.9. The van der Waals surface area contributed by atoms with E-state index in [1.54, 1.807) is 24.3 Å². The van der Waals surface area contributed by atoms with E-state index >= 15 is 0 Å². The van der Waals surface area contributed by atoms with Crippen molar-refractivity contribution in [2.24, 2.45) is 5.10 Å². The Balaban J connectivity index is 1.95. The van der Waals surface area contributed by atoms with Crippen molar-refractivity contribution in [3.63, 3.8) is 0 Å². The molecule has 122 valence electrons. The normalized spacial score (nSPS) is 13.1. The number of furan rings is 1. The van der Waals surface area contributed by atoms with E-state index in [2.05, 4.69) is 15.2 Å². The highest BCUT2D eigenvalue weighted by molar-refractivity contribution is 7.89. The molecule has 7 nitrogen and oxygen atoms in total. The number of hydrogen-bond donors (Lipinski definition) is 2. The number of benzene rings is 1. The third-order valence-electron chi connectivity index (χ3n) is 2.97. The van der Waals surface area contributed by atoms with E-state index in [1.807, 2.05) is 6.92 Å². The molecule has 2 rings (SSSR count). The van der Waals surface area contributed by atoms with E-state index < -0.39 is 22.0 Å². The number of sulfonamides is 1. The van der Waals surface area contributed by atoms with Crippen molar-refractivity contribution in [3.05, 3.63) is 54.0 Å². The number of carbonyl (C=O) groups excluding carboxylic acids is 1. The van der Waals surface area contributed by atoms with Gasteiger partial charge in [0.2, 0.25) is 10.0 Å². The van der Waals surface area contributed by atoms with Crippen LogP contribution in [0.15, 0.2) is 57.1 Å². The van der Waals surface area contributed by atoms with Crippen LogP contribution in [-0.2, 0) is 14.8 Å². The molecule has 1 aromatic carbocycles. The van der Waals surface area contributed by atoms with Crippen LogP contribution in [-0.4, -0.2) is 26.6 Å². The van der Waals surface area contributed by atoms with Crippen LogP contribution in [0.25, 0.3) is 0 Å². The molecule has 23 heavy (non-hydrogen) atoms. The van der Waals surface area contributed by atoms with Crippen LogP contribution < -0.4 is 10.1 Å². The fourth-order valence-corrected chi connectivity index (χ4v) is 2.90. The van der Waals surface area contributed by atoms with E-state index in [9.17, 15) is 13.2 Å². The molecule has 0 spiro atoms. The first-order valence-electron chi connectivity index (χ1n) is 6.84. The Morgan fingerprint density at radius 2 is 1.96 bits per heavy atom. The summed E-state index contributed by atoms with van der Waals surface area (Å²) in [6.45, 7) is 3.29. The van der Waals surface area contributed by atoms with Crippen molar-refractivity contribution in [2.45, 2.75) is 24.8 Å². The highest BCUT2D eigenvalue weighted by Gasteiger charge is 2.21. The van der Waals surface area contributed by atoms with Crippen molar-refractivity contribution < 1.29 is 17.6 Å². The second-order valence-corrected chi connectivity index (χ2v) is 6.62. The molecule has 2 N–H and O–H groups in total. The predicted molar refractivity (Wildman–Crippen MR) is 85.4 cm³/mol. The van der Waals surface area contributed by atoms with Crippen molar-refractivity contribution in [2.75, 3.05) is 0 Å². The molecule has 0 aliphatic rings. The number of nitrogens with one attached hydrogen (secondary N) is 2. The van der Waals surface area contributed by atoms with Crippen LogP contribution >= 0.6 is 0 Å². The average molecular weight is 335 g/mol. The first-order valence-corrected chi connectivity index (χ1v) is 8.32. The van der Waals surface area contributed by atoms with Gasteiger partial charge in [0.1, 0.15) is 5.76 Å². The highest BCUT2D eigenvalue weighted by atomic mass is 32.2. The van der Waals surface area contributed by atoms with Crippen LogP contribution in [0.1, 0.15) is 18.2 Å². The summed E-state index contributed by atoms with van der Waals surface area (Å²) < 4.78 is 31.7. The zero-order valence-corrected chi connectivity index (χ0v) is 13.5. The van der Waals surface area contributed by atoms with Gasteiger partial charge < -0.3 is 4.42 Å². The summed E-state index contributed by atoms with van der Waals surface area (Å²) in [7, 11) is -3.77. The second-order valence-electron chi connectivity index (χ2n) is 4.91. The largest absolute Gasteiger partial charge is 0.463 e. The second kappa shape index (κ2) is 7.21. The number of hydrogen-bond acceptors (Lipinski definition) is 5. The van der Waals surface area contributed by atoms with Gasteiger partial charge in [-0.1, -0.05) is 17.7 Å². The summed E-state index contributed by atoms with van der Waals surface area (Å²) in [5, 5.41) is 3.70. The lowest BCUT2D eigenvalue weighted by Crippen LogP contribution is -2.43. The molecule has 1 atom stereocenters. The Bertz CT molecular complexity index is 781. The van der Waals surface area contributed by atoms with Crippen LogP contribution in [0.5, 0.6) is 0 Å². The minimum atomic E-state index is -3.77. The molecule has 0 fully saturated rings. The zero-order chi connectivity index (χ0) is 16.9. The van der Waals surface area contributed by atoms with E-state index in [-0.39, 0.29) is 4.90 Å². The standard InChI is InChI=1S/C15H17N3O4S/c1-11-5-7-14(8-6-11)23(20,21)18-12(2)15(19)17-16-10-13-4-3-9-22-13/h3-10,12,18H,1-2H3,(H,17,19)/b16-10+. The van der Waals surface area contributed by atoms with Crippen LogP contribution in [0.3, 0.4) is 0 Å². The lowest BCUT2D eigenvalue weighted by atomic mass is 10.2. The molecular formula is C15H17N3O4S. The zero-order valence-electron chi connectivity index (χ0n) is 12.7. The van der Waals surface area contributed by atoms with Gasteiger partial charge in [-0.25, -0.2) is 13.8 Å². The molecule has 2 aromatic rings. The fraction of sp³-hybridized carbons (Fsp3) is 0.200. The van der Waals surface area contributed by atoms with Gasteiger partial charge >= 0.3 is 0 Å². The van der Waals surface area contributed by atoms with Crippen molar-refractivity contribution in [1.29, 1.82) is 0 Å². The summed E-state index contributed by atoms with van der Waals surface area (Å²) in [6.07, 6.45) is 2.79. The van der Waals surface area contributed by atoms with E-state index in [0.717, 1.165) is 5.56 Å². The molecule has 0 bridgehead atoms. The third-order valence-corrected chi connectivity index (χ3v) is 4.52. The Morgan fingerprint density at radius 1 is 1.26 bits per heavy atom. The van der Waals surface area contributed by atoms with Gasteiger partial charge in [0.25, 0.3) is 5.91 Å². The summed E-state index contributed by atoms with van der Waals surface area (Å²) in [4.78, 5) is 12.0. The summed E-state index contributed by atoms with van der Waals surface area (Å²) >= 11 is 0. The average Bonchev–Trinajstić information content (AvgIpc) is 3.00. The minimum Gasteiger partial charge on any atom is -0.463 e. The lowest BCUT2D eigenvalue weighted by molar-refractivity contribution is -0.122. The number of nitrogens with zero attached hydrogens (tertiary/aromatic N) is 1. The number of aryl methyl sites for hydroxylation is 1. The van der Waals surface area contributed by atoms with Gasteiger partial charge in [0.05, 0.1) is 23.4 Å². The van der Waals surface area contributed by atoms with Crippen molar-refractivity contribution in [3.8, 4) is 0 Å². The Labute approximate surface area is 134 Å². The minimum absolute atomic E-state index is 0.0989. The molecule has 1 amide bonds. The smallest absolute Gasteiger partial charge is 0.257 e. The lowest BCUT2D eigenvalue weighted by Gasteiger charge is -2.12. The SMILES string of the molecule is Cc1ccc(S(=O)(=O)NC(C)C(=O)N/N=C/c2ccco2)cc1. The fourth-order valence-electron chi connectivity index (χ4n) is 1.69. The van der Waals surface area contributed by atoms with Crippen molar-refractivity contribution in [1.82, 2.24) is 10.1 Å². The number of amides is 1. The van der Waals surface area contributed by atoms with Crippen LogP contribution in [0.2, 0.25) is 0 Å². The molecule has 1 unspecified atom stereocenters. The van der Waals surface area contributed by atoms with E-state index in [1.165, 1.54) is 31.5 Å². The monoisotopic (exact) mass is 335 g/mol. The molecule has 0 aliphatic carbocycles. The molecule has 0 aliphatic heterocycles. The number of carbonyl (C=O) groups is 1. The maximum atomic E-state index is 12.2. The molecule has 1 aromatic heterocycles. The third kappa shape index (κ3) is 4.76. The van der Waals surface area contributed by atoms with Gasteiger partial charge in [-0.2, -0.15) is 9.82 Å². The molecule has 0 saturated heterocycles. The van der Waals surface area contributed by atoms with E-state index in [4.69, 9.17) is 4.42 Å². The highest BCUT2D eigenvalue weighted by Crippen LogP contribution is 2.10. The van der Waals surface area contributed by atoms with Gasteiger partial charge in [0.15, 0.2) is 0 Å². The van der Waals surface area contributed by atoms with Gasteiger partial charge in [-0.3, -0.25) is 4.79 Å². The summed E-state index contributed by atoms with van der Waals surface area (Å²) in [5.41, 5.74) is 3.19. The maximum absolute atomic E-state index is 12.2. The molecule has 0 radical (unpaired) electrons. The molecule has 0 saturated carbocycles. The molecular weight excluding hydrogens is 318 g/mol. The summed E-state index contributed by atoms with van der Waals surface area (Å²) in [6, 6.07) is 8.71. The van der Waals surface area contributed by atoms with Crippen LogP contribution in [0.4, 0.5) is 0 Å².